The summed E-state index contributed by atoms with van der Waals surface area (Å²) in [4.78, 5) is 32.5. The average Bonchev–Trinajstić information content (AvgIpc) is 3.26. The van der Waals surface area contributed by atoms with E-state index >= 15 is 0 Å². The van der Waals surface area contributed by atoms with Crippen molar-refractivity contribution in [3.8, 4) is 0 Å². The first kappa shape index (κ1) is 35.0. The molecule has 44 heavy (non-hydrogen) atoms. The first-order valence-corrected chi connectivity index (χ1v) is 16.3. The van der Waals surface area contributed by atoms with Gasteiger partial charge in [0, 0.05) is 30.9 Å². The maximum Gasteiger partial charge on any atom is 1.00 e. The standard InChI is InChI=1S/C28H30N6O7S2.Na/c1-4-33(16-15-29-42(3,37)38)22-13-14-24(19(2)17-22)30-25-26(32-34(28(25)36)21-10-6-5-7-11-21)31-27(35)20-9-8-12-23(18-20)43(39,40)41;/h5-14,17-18,29H,4,15-16H2,1-3H3,(H,31,32,35)(H,39,40,41);/q;+1/p-1. The molecule has 1 aliphatic heterocycles. The number of hydrogen-bond donors (Lipinski definition) is 2. The molecule has 16 heteroatoms. The van der Waals surface area contributed by atoms with Gasteiger partial charge < -0.3 is 14.8 Å². The van der Waals surface area contributed by atoms with E-state index in [0.29, 0.717) is 30.0 Å². The van der Waals surface area contributed by atoms with Crippen molar-refractivity contribution in [2.24, 2.45) is 10.1 Å². The Morgan fingerprint density at radius 3 is 2.34 bits per heavy atom. The second-order valence-electron chi connectivity index (χ2n) is 9.51. The number of para-hydroxylation sites is 1. The molecule has 0 saturated carbocycles. The minimum Gasteiger partial charge on any atom is -0.744 e. The van der Waals surface area contributed by atoms with Crippen LogP contribution in [0.25, 0.3) is 0 Å². The minimum absolute atomic E-state index is 0. The third-order valence-electron chi connectivity index (χ3n) is 6.34. The molecule has 0 bridgehead atoms. The van der Waals surface area contributed by atoms with Gasteiger partial charge in [-0.15, -0.1) is 5.10 Å². The Hall–Kier alpha value is -3.44. The summed E-state index contributed by atoms with van der Waals surface area (Å²) in [6.07, 6.45) is 1.10. The average molecular weight is 649 g/mol. The first-order valence-electron chi connectivity index (χ1n) is 13.0. The van der Waals surface area contributed by atoms with Gasteiger partial charge in [0.15, 0.2) is 11.5 Å². The predicted molar refractivity (Wildman–Crippen MR) is 162 cm³/mol. The van der Waals surface area contributed by atoms with Gasteiger partial charge >= 0.3 is 35.5 Å². The van der Waals surface area contributed by atoms with Crippen LogP contribution in [0.4, 0.5) is 17.1 Å². The van der Waals surface area contributed by atoms with Crippen LogP contribution in [0.3, 0.4) is 0 Å². The van der Waals surface area contributed by atoms with Crippen molar-refractivity contribution in [2.45, 2.75) is 18.7 Å². The van der Waals surface area contributed by atoms with Gasteiger partial charge in [0.2, 0.25) is 10.0 Å². The maximum absolute atomic E-state index is 13.5. The van der Waals surface area contributed by atoms with Crippen LogP contribution in [-0.4, -0.2) is 70.6 Å². The molecule has 226 valence electrons. The normalized spacial score (nSPS) is 14.3. The molecule has 2 N–H and O–H groups in total. The zero-order chi connectivity index (χ0) is 31.4. The molecular weight excluding hydrogens is 619 g/mol. The number of amidine groups is 1. The van der Waals surface area contributed by atoms with E-state index in [2.05, 4.69) is 20.1 Å². The van der Waals surface area contributed by atoms with Crippen LogP contribution in [0, 0.1) is 6.92 Å². The van der Waals surface area contributed by atoms with Crippen LogP contribution in [0.1, 0.15) is 22.8 Å². The summed E-state index contributed by atoms with van der Waals surface area (Å²) in [5.41, 5.74) is 2.08. The predicted octanol–water partition coefficient (Wildman–Crippen LogP) is -0.859. The van der Waals surface area contributed by atoms with Crippen molar-refractivity contribution in [1.82, 2.24) is 10.0 Å². The van der Waals surface area contributed by atoms with Gasteiger partial charge in [-0.3, -0.25) is 9.59 Å². The van der Waals surface area contributed by atoms with Crippen LogP contribution in [-0.2, 0) is 24.9 Å². The fourth-order valence-electron chi connectivity index (χ4n) is 4.21. The largest absolute Gasteiger partial charge is 1.00 e. The second-order valence-corrected chi connectivity index (χ2v) is 12.7. The van der Waals surface area contributed by atoms with Crippen LogP contribution in [0.5, 0.6) is 0 Å². The SMILES string of the molecule is CCN(CCNS(C)(=O)=O)c1ccc(N=C2C(=O)N(c3ccccc3)N=C2NC(=O)c2cccc(S(=O)(=O)[O-])c2)c(C)c1.[Na+]. The van der Waals surface area contributed by atoms with Crippen LogP contribution in [0.15, 0.2) is 87.8 Å². The Bertz CT molecular complexity index is 1830. The van der Waals surface area contributed by atoms with E-state index in [1.165, 1.54) is 12.1 Å². The monoisotopic (exact) mass is 648 g/mol. The smallest absolute Gasteiger partial charge is 0.744 e. The van der Waals surface area contributed by atoms with Crippen LogP contribution >= 0.6 is 0 Å². The number of nitrogens with one attached hydrogen (secondary N) is 2. The quantitative estimate of drug-likeness (QED) is 0.211. The number of likely N-dealkylation sites (N-methyl/N-ethyl adjacent to an activating group) is 1. The molecule has 3 aromatic carbocycles. The van der Waals surface area contributed by atoms with Crippen LogP contribution < -0.4 is 49.5 Å². The number of hydrogen-bond acceptors (Lipinski definition) is 10. The Kier molecular flexibility index (Phi) is 11.6. The fourth-order valence-corrected chi connectivity index (χ4v) is 5.19. The summed E-state index contributed by atoms with van der Waals surface area (Å²) in [5.74, 6) is -1.57. The molecule has 3 aromatic rings. The van der Waals surface area contributed by atoms with E-state index in [1.807, 2.05) is 17.9 Å². The fraction of sp³-hybridized carbons (Fsp3) is 0.214. The Morgan fingerprint density at radius 2 is 1.73 bits per heavy atom. The third kappa shape index (κ3) is 8.81. The van der Waals surface area contributed by atoms with Crippen molar-refractivity contribution < 1.29 is 60.5 Å². The molecule has 0 fully saturated rings. The number of anilines is 2. The number of rotatable bonds is 10. The first-order chi connectivity index (χ1) is 20.3. The van der Waals surface area contributed by atoms with Crippen molar-refractivity contribution in [3.63, 3.8) is 0 Å². The Morgan fingerprint density at radius 1 is 1.02 bits per heavy atom. The zero-order valence-corrected chi connectivity index (χ0v) is 28.1. The molecule has 0 radical (unpaired) electrons. The van der Waals surface area contributed by atoms with Crippen molar-refractivity contribution >= 4 is 60.6 Å². The van der Waals surface area contributed by atoms with Gasteiger partial charge in [0.05, 0.1) is 22.5 Å². The van der Waals surface area contributed by atoms with Gasteiger partial charge in [-0.2, -0.15) is 5.01 Å². The molecule has 4 rings (SSSR count). The summed E-state index contributed by atoms with van der Waals surface area (Å²) in [5, 5.41) is 7.90. The number of sulfonamides is 1. The van der Waals surface area contributed by atoms with Crippen molar-refractivity contribution in [3.05, 3.63) is 83.9 Å². The number of carbonyl (C=O) groups is 2. The number of benzene rings is 3. The summed E-state index contributed by atoms with van der Waals surface area (Å²) in [6.45, 7) is 5.00. The molecule has 13 nitrogen and oxygen atoms in total. The van der Waals surface area contributed by atoms with E-state index in [0.717, 1.165) is 29.1 Å². The van der Waals surface area contributed by atoms with E-state index in [4.69, 9.17) is 0 Å². The van der Waals surface area contributed by atoms with E-state index in [1.54, 1.807) is 49.4 Å². The number of hydrazone groups is 1. The van der Waals surface area contributed by atoms with Crippen molar-refractivity contribution in [2.75, 3.05) is 35.8 Å². The van der Waals surface area contributed by atoms with Gasteiger partial charge in [0.1, 0.15) is 10.1 Å². The van der Waals surface area contributed by atoms with E-state index in [9.17, 15) is 31.0 Å². The maximum atomic E-state index is 13.5. The van der Waals surface area contributed by atoms with E-state index < -0.39 is 36.9 Å². The number of carbonyl (C=O) groups excluding carboxylic acids is 2. The topological polar surface area (TPSA) is 181 Å². The molecule has 2 amide bonds. The molecule has 0 aliphatic carbocycles. The minimum atomic E-state index is -4.80. The molecule has 1 heterocycles. The second kappa shape index (κ2) is 14.6. The van der Waals surface area contributed by atoms with Gasteiger partial charge in [0.25, 0.3) is 5.91 Å². The number of aliphatic imine (C=N–C) groups is 1. The Balaban J connectivity index is 0.00000529. The molecule has 0 aromatic heterocycles. The molecule has 0 atom stereocenters. The third-order valence-corrected chi connectivity index (χ3v) is 7.90. The Labute approximate surface area is 278 Å². The summed E-state index contributed by atoms with van der Waals surface area (Å²) in [6, 6.07) is 18.4. The number of amides is 2. The molecule has 0 unspecified atom stereocenters. The zero-order valence-electron chi connectivity index (χ0n) is 24.5. The summed E-state index contributed by atoms with van der Waals surface area (Å²) in [7, 11) is -8.12. The van der Waals surface area contributed by atoms with Gasteiger partial charge in [-0.1, -0.05) is 24.3 Å². The molecule has 1 aliphatic rings. The summed E-state index contributed by atoms with van der Waals surface area (Å²) < 4.78 is 59.7. The summed E-state index contributed by atoms with van der Waals surface area (Å²) >= 11 is 0. The molecular formula is C28H29N6NaO7S2. The van der Waals surface area contributed by atoms with Crippen molar-refractivity contribution in [1.29, 1.82) is 0 Å². The number of aryl methyl sites for hydroxylation is 1. The molecule has 0 saturated heterocycles. The molecule has 0 spiro atoms. The van der Waals surface area contributed by atoms with Gasteiger partial charge in [-0.05, 0) is 67.9 Å². The van der Waals surface area contributed by atoms with Crippen LogP contribution in [0.2, 0.25) is 0 Å². The number of nitrogens with zero attached hydrogens (tertiary/aromatic N) is 4. The van der Waals surface area contributed by atoms with Gasteiger partial charge in [-0.25, -0.2) is 26.6 Å². The van der Waals surface area contributed by atoms with E-state index in [-0.39, 0.29) is 53.2 Å².